The van der Waals surface area contributed by atoms with Crippen LogP contribution in [0.25, 0.3) is 0 Å². The number of fused-ring (bicyclic) bond motifs is 1. The summed E-state index contributed by atoms with van der Waals surface area (Å²) in [4.78, 5) is 85.7. The Balaban J connectivity index is 1.64. The van der Waals surface area contributed by atoms with Crippen molar-refractivity contribution in [2.75, 3.05) is 19.0 Å². The Labute approximate surface area is 237 Å². The Hall–Kier alpha value is -4.44. The number of alkyl carbamates (subject to hydrolysis) is 1. The molecule has 0 aliphatic carbocycles. The van der Waals surface area contributed by atoms with Crippen LogP contribution in [0.2, 0.25) is 0 Å². The zero-order valence-corrected chi connectivity index (χ0v) is 22.6. The van der Waals surface area contributed by atoms with Gasteiger partial charge in [-0.2, -0.15) is 0 Å². The first-order valence-corrected chi connectivity index (χ1v) is 13.4. The molecule has 1 saturated heterocycles. The zero-order valence-electron chi connectivity index (χ0n) is 21.8. The molecule has 1 unspecified atom stereocenters. The van der Waals surface area contributed by atoms with E-state index in [1.807, 2.05) is 5.32 Å². The van der Waals surface area contributed by atoms with Gasteiger partial charge in [-0.15, -0.1) is 11.8 Å². The van der Waals surface area contributed by atoms with Gasteiger partial charge in [-0.1, -0.05) is 12.1 Å². The van der Waals surface area contributed by atoms with E-state index in [9.17, 15) is 38.7 Å². The van der Waals surface area contributed by atoms with Gasteiger partial charge >= 0.3 is 24.0 Å². The molecule has 0 radical (unpaired) electrons. The quantitative estimate of drug-likeness (QED) is 0.160. The zero-order chi connectivity index (χ0) is 30.3. The second kappa shape index (κ2) is 13.8. The molecule has 41 heavy (non-hydrogen) atoms. The fourth-order valence-electron chi connectivity index (χ4n) is 4.06. The highest BCUT2D eigenvalue weighted by Gasteiger charge is 2.54. The van der Waals surface area contributed by atoms with Crippen LogP contribution in [0.15, 0.2) is 35.5 Å². The number of nitrogens with one attached hydrogen (secondary N) is 2. The number of β-lactam (4-membered cyclic amide) rings is 1. The molecule has 0 spiro atoms. The summed E-state index contributed by atoms with van der Waals surface area (Å²) in [7, 11) is 0. The minimum atomic E-state index is -1.43. The van der Waals surface area contributed by atoms with Crippen LogP contribution in [-0.2, 0) is 28.7 Å². The Morgan fingerprint density at radius 1 is 1.12 bits per heavy atom. The molecule has 2 aliphatic heterocycles. The van der Waals surface area contributed by atoms with Crippen molar-refractivity contribution in [2.24, 2.45) is 5.73 Å². The molecular weight excluding hydrogens is 564 g/mol. The van der Waals surface area contributed by atoms with Crippen molar-refractivity contribution in [1.82, 2.24) is 15.5 Å². The van der Waals surface area contributed by atoms with E-state index in [2.05, 4.69) is 10.1 Å². The van der Waals surface area contributed by atoms with Gasteiger partial charge in [0.1, 0.15) is 29.8 Å². The van der Waals surface area contributed by atoms with E-state index in [1.165, 1.54) is 24.3 Å². The van der Waals surface area contributed by atoms with Gasteiger partial charge in [-0.3, -0.25) is 29.4 Å². The first-order chi connectivity index (χ1) is 19.5. The number of ether oxygens (including phenoxy) is 2. The first kappa shape index (κ1) is 31.1. The van der Waals surface area contributed by atoms with Crippen LogP contribution in [0.5, 0.6) is 0 Å². The van der Waals surface area contributed by atoms with Crippen LogP contribution >= 0.6 is 11.8 Å². The maximum absolute atomic E-state index is 12.8. The van der Waals surface area contributed by atoms with Crippen LogP contribution < -0.4 is 16.4 Å². The van der Waals surface area contributed by atoms with E-state index in [4.69, 9.17) is 15.6 Å². The summed E-state index contributed by atoms with van der Waals surface area (Å²) in [6.07, 6.45) is -0.808. The molecule has 0 saturated carbocycles. The Kier molecular flexibility index (Phi) is 10.4. The summed E-state index contributed by atoms with van der Waals surface area (Å²) < 4.78 is 9.94. The summed E-state index contributed by atoms with van der Waals surface area (Å²) in [6.45, 7) is 1.08. The predicted molar refractivity (Wildman–Crippen MR) is 140 cm³/mol. The lowest BCUT2D eigenvalue weighted by Crippen LogP contribution is -2.70. The lowest BCUT2D eigenvalue weighted by molar-refractivity contribution is -0.150. The number of carboxylic acid groups (broad SMARTS) is 2. The van der Waals surface area contributed by atoms with E-state index in [0.717, 1.165) is 16.7 Å². The number of amides is 4. The van der Waals surface area contributed by atoms with E-state index in [0.29, 0.717) is 0 Å². The average Bonchev–Trinajstić information content (AvgIpc) is 2.93. The fourth-order valence-corrected chi connectivity index (χ4v) is 5.39. The minimum absolute atomic E-state index is 0.0269. The summed E-state index contributed by atoms with van der Waals surface area (Å²) >= 11 is 1.16. The molecule has 1 aromatic carbocycles. The minimum Gasteiger partial charge on any atom is -0.480 e. The highest BCUT2D eigenvalue weighted by Crippen LogP contribution is 2.40. The first-order valence-electron chi connectivity index (χ1n) is 12.4. The molecule has 16 heteroatoms. The van der Waals surface area contributed by atoms with Crippen molar-refractivity contribution in [1.29, 1.82) is 0 Å². The van der Waals surface area contributed by atoms with Crippen molar-refractivity contribution < 1.29 is 53.2 Å². The van der Waals surface area contributed by atoms with E-state index >= 15 is 0 Å². The fraction of sp³-hybridized carbons (Fsp3) is 0.400. The third-order valence-electron chi connectivity index (χ3n) is 6.06. The lowest BCUT2D eigenvalue weighted by Gasteiger charge is -2.49. The number of hydrogen-bond donors (Lipinski definition) is 5. The molecule has 2 aliphatic rings. The molecule has 1 fully saturated rings. The lowest BCUT2D eigenvalue weighted by atomic mass is 10.0. The van der Waals surface area contributed by atoms with Gasteiger partial charge in [0.05, 0.1) is 17.7 Å². The van der Waals surface area contributed by atoms with Crippen LogP contribution in [0.3, 0.4) is 0 Å². The molecule has 220 valence electrons. The Bertz CT molecular complexity index is 1300. The molecule has 15 nitrogen and oxygen atoms in total. The van der Waals surface area contributed by atoms with Gasteiger partial charge in [0.25, 0.3) is 11.8 Å². The predicted octanol–water partition coefficient (Wildman–Crippen LogP) is 0.0505. The summed E-state index contributed by atoms with van der Waals surface area (Å²) in [5.41, 5.74) is 4.81. The standard InChI is InChI=1S/C25H28N4O11S/c1-2-39-25(38)28-19(31)13-6-3-4-7-14(13)24(37)40-10-12-11-41-21-17(20(32)29(21)18(12)23(35)36)27-16(30)9-5-8-15(26)22(33)34/h3-4,6-7,15,17,21H,2,5,8-11,26H2,1H3,(H,27,30)(H,33,34)(H,35,36)(H,28,31,38)/t15?,17-,21+/m1/s1. The van der Waals surface area contributed by atoms with Crippen LogP contribution in [-0.4, -0.2) is 93.3 Å². The Morgan fingerprint density at radius 3 is 2.44 bits per heavy atom. The highest BCUT2D eigenvalue weighted by atomic mass is 32.2. The van der Waals surface area contributed by atoms with Crippen molar-refractivity contribution in [3.05, 3.63) is 46.7 Å². The maximum Gasteiger partial charge on any atom is 0.414 e. The second-order valence-corrected chi connectivity index (χ2v) is 9.95. The number of benzene rings is 1. The third-order valence-corrected chi connectivity index (χ3v) is 7.40. The molecule has 3 atom stereocenters. The van der Waals surface area contributed by atoms with Gasteiger partial charge in [0, 0.05) is 17.7 Å². The normalized spacial score (nSPS) is 18.4. The average molecular weight is 593 g/mol. The van der Waals surface area contributed by atoms with E-state index in [-0.39, 0.29) is 54.0 Å². The second-order valence-electron chi connectivity index (χ2n) is 8.85. The largest absolute Gasteiger partial charge is 0.480 e. The van der Waals surface area contributed by atoms with Gasteiger partial charge < -0.3 is 30.7 Å². The van der Waals surface area contributed by atoms with Crippen LogP contribution in [0.1, 0.15) is 46.9 Å². The number of esters is 1. The van der Waals surface area contributed by atoms with Crippen LogP contribution in [0, 0.1) is 0 Å². The van der Waals surface area contributed by atoms with Gasteiger partial charge in [0.15, 0.2) is 0 Å². The monoisotopic (exact) mass is 592 g/mol. The van der Waals surface area contributed by atoms with Gasteiger partial charge in [0.2, 0.25) is 5.91 Å². The number of thioether (sulfide) groups is 1. The van der Waals surface area contributed by atoms with E-state index < -0.39 is 65.8 Å². The molecule has 4 amide bonds. The van der Waals surface area contributed by atoms with Crippen LogP contribution in [0.4, 0.5) is 4.79 Å². The number of carboxylic acids is 2. The number of nitrogens with two attached hydrogens (primary N) is 1. The molecule has 3 rings (SSSR count). The molecule has 1 aromatic rings. The van der Waals surface area contributed by atoms with E-state index in [1.54, 1.807) is 6.92 Å². The SMILES string of the molecule is CCOC(=O)NC(=O)c1ccccc1C(=O)OCC1=C(C(=O)O)N2C(=O)[C@@H](NC(=O)CCCC(N)C(=O)O)[C@@H]2SC1. The maximum atomic E-state index is 12.8. The van der Waals surface area contributed by atoms with Crippen molar-refractivity contribution in [2.45, 2.75) is 43.6 Å². The van der Waals surface area contributed by atoms with Crippen molar-refractivity contribution in [3.63, 3.8) is 0 Å². The van der Waals surface area contributed by atoms with Crippen molar-refractivity contribution in [3.8, 4) is 0 Å². The molecule has 2 heterocycles. The van der Waals surface area contributed by atoms with Gasteiger partial charge in [-0.25, -0.2) is 14.4 Å². The number of carbonyl (C=O) groups excluding carboxylic acids is 5. The summed E-state index contributed by atoms with van der Waals surface area (Å²) in [5.74, 6) is -5.60. The molecule has 6 N–H and O–H groups in total. The number of nitrogens with zero attached hydrogens (tertiary/aromatic N) is 1. The Morgan fingerprint density at radius 2 is 1.80 bits per heavy atom. The number of rotatable bonds is 12. The van der Waals surface area contributed by atoms with Gasteiger partial charge in [-0.05, 0) is 31.9 Å². The smallest absolute Gasteiger partial charge is 0.414 e. The topological polar surface area (TPSA) is 232 Å². The number of aliphatic carboxylic acids is 2. The third kappa shape index (κ3) is 7.40. The summed E-state index contributed by atoms with van der Waals surface area (Å²) in [6, 6.07) is 3.43. The molecular formula is C25H28N4O11S. The molecule has 0 aromatic heterocycles. The summed E-state index contributed by atoms with van der Waals surface area (Å²) in [5, 5.41) is 22.4. The number of imide groups is 1. The van der Waals surface area contributed by atoms with Crippen molar-refractivity contribution >= 4 is 53.5 Å². The number of hydrogen-bond acceptors (Lipinski definition) is 11. The molecule has 0 bridgehead atoms. The highest BCUT2D eigenvalue weighted by molar-refractivity contribution is 8.00. The number of carbonyl (C=O) groups is 7.